The Morgan fingerprint density at radius 3 is 2.78 bits per heavy atom. The van der Waals surface area contributed by atoms with Gasteiger partial charge < -0.3 is 20.9 Å². The van der Waals surface area contributed by atoms with Crippen LogP contribution in [0.3, 0.4) is 0 Å². The molecule has 5 atom stereocenters. The van der Waals surface area contributed by atoms with E-state index in [0.29, 0.717) is 36.3 Å². The maximum atomic E-state index is 13.4. The van der Waals surface area contributed by atoms with Crippen LogP contribution in [0.4, 0.5) is 11.5 Å². The van der Waals surface area contributed by atoms with Crippen molar-refractivity contribution >= 4 is 44.9 Å². The van der Waals surface area contributed by atoms with Gasteiger partial charge in [0.25, 0.3) is 0 Å². The van der Waals surface area contributed by atoms with Gasteiger partial charge in [-0.15, -0.1) is 11.3 Å². The second-order valence-corrected chi connectivity index (χ2v) is 12.0. The van der Waals surface area contributed by atoms with Crippen molar-refractivity contribution in [3.63, 3.8) is 0 Å². The Hall–Kier alpha value is -3.04. The number of amides is 2. The second kappa shape index (κ2) is 9.68. The number of anilines is 2. The molecular formula is C28H34N6O2S. The van der Waals surface area contributed by atoms with Gasteiger partial charge in [0.15, 0.2) is 0 Å². The van der Waals surface area contributed by atoms with Gasteiger partial charge in [-0.05, 0) is 73.4 Å². The predicted molar refractivity (Wildman–Crippen MR) is 146 cm³/mol. The van der Waals surface area contributed by atoms with Gasteiger partial charge in [0.1, 0.15) is 5.82 Å². The summed E-state index contributed by atoms with van der Waals surface area (Å²) in [7, 11) is 0. The zero-order chi connectivity index (χ0) is 25.7. The fourth-order valence-electron chi connectivity index (χ4n) is 6.30. The molecule has 0 saturated carbocycles. The van der Waals surface area contributed by atoms with Crippen LogP contribution in [0.5, 0.6) is 0 Å². The lowest BCUT2D eigenvalue weighted by Crippen LogP contribution is -2.46. The van der Waals surface area contributed by atoms with Crippen molar-refractivity contribution in [3.05, 3.63) is 46.6 Å². The summed E-state index contributed by atoms with van der Waals surface area (Å²) >= 11 is 1.81. The minimum atomic E-state index is -0.643. The summed E-state index contributed by atoms with van der Waals surface area (Å²) in [6.45, 7) is 8.21. The van der Waals surface area contributed by atoms with Crippen LogP contribution in [-0.2, 0) is 16.0 Å². The number of nitrogens with two attached hydrogens (primary N) is 1. The summed E-state index contributed by atoms with van der Waals surface area (Å²) in [5.41, 5.74) is 9.28. The summed E-state index contributed by atoms with van der Waals surface area (Å²) in [6.07, 6.45) is 5.31. The number of nitrogen functional groups attached to an aromatic ring is 1. The number of nitrogens with zero attached hydrogens (tertiary/aromatic N) is 4. The van der Waals surface area contributed by atoms with Gasteiger partial charge in [0.05, 0.1) is 33.2 Å². The minimum absolute atomic E-state index is 0.145. The van der Waals surface area contributed by atoms with Crippen LogP contribution in [-0.4, -0.2) is 57.8 Å². The van der Waals surface area contributed by atoms with Crippen molar-refractivity contribution in [1.29, 1.82) is 0 Å². The van der Waals surface area contributed by atoms with E-state index in [4.69, 9.17) is 10.7 Å². The summed E-state index contributed by atoms with van der Waals surface area (Å²) in [4.78, 5) is 40.0. The molecule has 3 saturated heterocycles. The first-order chi connectivity index (χ1) is 17.9. The number of carbonyl (C=O) groups excluding carboxylic acids is 2. The highest BCUT2D eigenvalue weighted by atomic mass is 32.1. The second-order valence-electron chi connectivity index (χ2n) is 10.9. The molecule has 1 aromatic carbocycles. The number of likely N-dealkylation sites (tertiary alicyclic amines) is 1. The van der Waals surface area contributed by atoms with Gasteiger partial charge in [0.2, 0.25) is 0 Å². The van der Waals surface area contributed by atoms with E-state index >= 15 is 0 Å². The third-order valence-corrected chi connectivity index (χ3v) is 9.54. The molecule has 0 radical (unpaired) electrons. The number of benzene rings is 1. The molecule has 8 nitrogen and oxygen atoms in total. The lowest BCUT2D eigenvalue weighted by atomic mass is 9.89. The molecule has 3 unspecified atom stereocenters. The van der Waals surface area contributed by atoms with Crippen LogP contribution < -0.4 is 11.1 Å². The van der Waals surface area contributed by atoms with Gasteiger partial charge in [-0.3, -0.25) is 9.59 Å². The third-order valence-electron chi connectivity index (χ3n) is 8.38. The number of hydrogen-bond donors (Lipinski definition) is 2. The topological polar surface area (TPSA) is 104 Å². The Morgan fingerprint density at radius 2 is 2.03 bits per heavy atom. The first-order valence-corrected chi connectivity index (χ1v) is 14.2. The largest absolute Gasteiger partial charge is 0.383 e. The third kappa shape index (κ3) is 4.59. The number of hydrogen-bond acceptors (Lipinski definition) is 7. The van der Waals surface area contributed by atoms with Gasteiger partial charge in [-0.1, -0.05) is 19.9 Å². The summed E-state index contributed by atoms with van der Waals surface area (Å²) < 4.78 is 1.19. The molecule has 3 aromatic rings. The van der Waals surface area contributed by atoms with Gasteiger partial charge >= 0.3 is 11.8 Å². The zero-order valence-electron chi connectivity index (χ0n) is 21.4. The molecule has 3 N–H and O–H groups in total. The van der Waals surface area contributed by atoms with Crippen molar-refractivity contribution in [2.24, 2.45) is 11.8 Å². The number of rotatable bonds is 4. The molecule has 3 aliphatic rings. The van der Waals surface area contributed by atoms with Gasteiger partial charge in [-0.25, -0.2) is 9.97 Å². The van der Waals surface area contributed by atoms with E-state index in [-0.39, 0.29) is 6.04 Å². The normalized spacial score (nSPS) is 27.1. The van der Waals surface area contributed by atoms with Crippen molar-refractivity contribution in [3.8, 4) is 0 Å². The van der Waals surface area contributed by atoms with Crippen molar-refractivity contribution in [2.75, 3.05) is 37.2 Å². The summed E-state index contributed by atoms with van der Waals surface area (Å²) in [5.74, 6) is 0.896. The number of thiazole rings is 1. The Labute approximate surface area is 221 Å². The first kappa shape index (κ1) is 24.3. The van der Waals surface area contributed by atoms with E-state index in [1.165, 1.54) is 35.4 Å². The maximum absolute atomic E-state index is 13.4. The van der Waals surface area contributed by atoms with E-state index in [0.717, 1.165) is 41.9 Å². The number of aryl methyl sites for hydroxylation is 1. The van der Waals surface area contributed by atoms with E-state index in [1.54, 1.807) is 11.0 Å². The zero-order valence-corrected chi connectivity index (χ0v) is 22.3. The molecule has 5 heterocycles. The molecule has 37 heavy (non-hydrogen) atoms. The van der Waals surface area contributed by atoms with Crippen LogP contribution in [0.15, 0.2) is 30.5 Å². The minimum Gasteiger partial charge on any atom is -0.383 e. The number of aromatic nitrogens is 2. The highest BCUT2D eigenvalue weighted by Crippen LogP contribution is 2.43. The molecule has 2 bridgehead atoms. The Balaban J connectivity index is 1.23. The molecule has 6 rings (SSSR count). The standard InChI is InChI=1S/C28H34N6O2S/c1-3-17-10-20(12-30-25(17)29)31-26(35)28(36)34-13-16(2)4-6-23(34)18-5-7-24-22(11-18)32-27(37-24)21-15-33-9-8-19(21)14-33/h5,7,10-12,16,19,21,23H,3-4,6,8-9,13-15H2,1-2H3,(H2,29,30)(H,31,35)/t16-,19?,21?,23+/m0/s1. The number of pyridine rings is 1. The van der Waals surface area contributed by atoms with E-state index in [1.807, 2.05) is 18.3 Å². The lowest BCUT2D eigenvalue weighted by Gasteiger charge is -2.38. The number of carbonyl (C=O) groups is 2. The molecule has 3 aliphatic heterocycles. The van der Waals surface area contributed by atoms with Crippen molar-refractivity contribution < 1.29 is 9.59 Å². The molecule has 2 amide bonds. The van der Waals surface area contributed by atoms with Crippen LogP contribution in [0.1, 0.15) is 61.2 Å². The van der Waals surface area contributed by atoms with E-state index in [9.17, 15) is 9.59 Å². The number of nitrogens with one attached hydrogen (secondary N) is 1. The lowest BCUT2D eigenvalue weighted by molar-refractivity contribution is -0.146. The first-order valence-electron chi connectivity index (χ1n) is 13.4. The molecule has 194 valence electrons. The Kier molecular flexibility index (Phi) is 6.36. The summed E-state index contributed by atoms with van der Waals surface area (Å²) in [6, 6.07) is 8.04. The molecule has 0 spiro atoms. The maximum Gasteiger partial charge on any atom is 0.313 e. The SMILES string of the molecule is CCc1cc(NC(=O)C(=O)N2C[C@@H](C)CC[C@@H]2c2ccc3sc(C4CN5CCC4C5)nc3c2)cnc1N. The molecule has 3 fully saturated rings. The van der Waals surface area contributed by atoms with Crippen LogP contribution in [0.25, 0.3) is 10.2 Å². The quantitative estimate of drug-likeness (QED) is 0.502. The Bertz CT molecular complexity index is 1360. The monoisotopic (exact) mass is 518 g/mol. The molecule has 9 heteroatoms. The van der Waals surface area contributed by atoms with E-state index < -0.39 is 11.8 Å². The fraction of sp³-hybridized carbons (Fsp3) is 0.500. The fourth-order valence-corrected chi connectivity index (χ4v) is 7.44. The highest BCUT2D eigenvalue weighted by molar-refractivity contribution is 7.18. The van der Waals surface area contributed by atoms with Gasteiger partial charge in [0, 0.05) is 25.6 Å². The Morgan fingerprint density at radius 1 is 1.16 bits per heavy atom. The number of fused-ring (bicyclic) bond motifs is 3. The number of piperidine rings is 2. The van der Waals surface area contributed by atoms with Gasteiger partial charge in [-0.2, -0.15) is 0 Å². The van der Waals surface area contributed by atoms with Crippen LogP contribution in [0, 0.1) is 11.8 Å². The highest BCUT2D eigenvalue weighted by Gasteiger charge is 2.40. The molecular weight excluding hydrogens is 484 g/mol. The average molecular weight is 519 g/mol. The predicted octanol–water partition coefficient (Wildman–Crippen LogP) is 4.19. The smallest absolute Gasteiger partial charge is 0.313 e. The van der Waals surface area contributed by atoms with Crippen LogP contribution >= 0.6 is 11.3 Å². The van der Waals surface area contributed by atoms with Crippen LogP contribution in [0.2, 0.25) is 0 Å². The van der Waals surface area contributed by atoms with Crippen molar-refractivity contribution in [2.45, 2.75) is 51.5 Å². The summed E-state index contributed by atoms with van der Waals surface area (Å²) in [5, 5.41) is 3.99. The van der Waals surface area contributed by atoms with E-state index in [2.05, 4.69) is 40.3 Å². The molecule has 0 aliphatic carbocycles. The average Bonchev–Trinajstić information content (AvgIpc) is 3.64. The molecule has 2 aromatic heterocycles. The van der Waals surface area contributed by atoms with Crippen molar-refractivity contribution in [1.82, 2.24) is 19.8 Å².